The summed E-state index contributed by atoms with van der Waals surface area (Å²) in [5.74, 6) is 0.586. The Bertz CT molecular complexity index is 826. The minimum absolute atomic E-state index is 0.0855. The molecular formula is C19H23O8P. The molecule has 0 aliphatic rings. The van der Waals surface area contributed by atoms with Gasteiger partial charge >= 0.3 is 13.8 Å². The van der Waals surface area contributed by atoms with E-state index in [2.05, 4.69) is 0 Å². The van der Waals surface area contributed by atoms with Crippen molar-refractivity contribution in [1.29, 1.82) is 0 Å². The molecule has 0 bridgehead atoms. The van der Waals surface area contributed by atoms with Crippen molar-refractivity contribution in [3.05, 3.63) is 53.6 Å². The number of methoxy groups -OCH3 is 1. The molecule has 0 saturated heterocycles. The second-order valence-corrected chi connectivity index (χ2v) is 7.26. The van der Waals surface area contributed by atoms with Gasteiger partial charge in [0.1, 0.15) is 23.9 Å². The van der Waals surface area contributed by atoms with E-state index in [1.165, 1.54) is 32.4 Å². The first-order valence-corrected chi connectivity index (χ1v) is 9.88. The van der Waals surface area contributed by atoms with Gasteiger partial charge in [0.25, 0.3) is 0 Å². The maximum atomic E-state index is 12.2. The van der Waals surface area contributed by atoms with Gasteiger partial charge in [-0.1, -0.05) is 12.1 Å². The second kappa shape index (κ2) is 10.1. The van der Waals surface area contributed by atoms with Crippen LogP contribution >= 0.6 is 7.82 Å². The SMILES string of the molecule is CCOC(=O)c1cc(OCc2ccc(OC)cc2)cc(OP(=O)(OC)OC)c1. The van der Waals surface area contributed by atoms with E-state index in [9.17, 15) is 9.36 Å². The molecule has 0 unspecified atom stereocenters. The Hall–Kier alpha value is -2.54. The fourth-order valence-electron chi connectivity index (χ4n) is 2.21. The molecule has 2 rings (SSSR count). The summed E-state index contributed by atoms with van der Waals surface area (Å²) in [4.78, 5) is 12.1. The lowest BCUT2D eigenvalue weighted by molar-refractivity contribution is 0.0525. The molecule has 0 amide bonds. The number of ether oxygens (including phenoxy) is 3. The molecule has 2 aromatic rings. The van der Waals surface area contributed by atoms with Crippen molar-refractivity contribution >= 4 is 13.8 Å². The molecule has 0 atom stereocenters. The Labute approximate surface area is 163 Å². The predicted molar refractivity (Wildman–Crippen MR) is 102 cm³/mol. The highest BCUT2D eigenvalue weighted by Crippen LogP contribution is 2.48. The molecule has 0 N–H and O–H groups in total. The van der Waals surface area contributed by atoms with Crippen LogP contribution in [0.15, 0.2) is 42.5 Å². The summed E-state index contributed by atoms with van der Waals surface area (Å²) in [6, 6.07) is 11.7. The Morgan fingerprint density at radius 1 is 0.929 bits per heavy atom. The summed E-state index contributed by atoms with van der Waals surface area (Å²) in [5, 5.41) is 0. The van der Waals surface area contributed by atoms with Gasteiger partial charge in [0.2, 0.25) is 0 Å². The minimum atomic E-state index is -3.80. The zero-order valence-electron chi connectivity index (χ0n) is 16.2. The molecule has 2 aromatic carbocycles. The van der Waals surface area contributed by atoms with Gasteiger partial charge in [0, 0.05) is 20.3 Å². The lowest BCUT2D eigenvalue weighted by Crippen LogP contribution is -2.06. The zero-order valence-corrected chi connectivity index (χ0v) is 17.1. The summed E-state index contributed by atoms with van der Waals surface area (Å²) in [5.41, 5.74) is 1.08. The van der Waals surface area contributed by atoms with Crippen LogP contribution in [-0.2, 0) is 25.0 Å². The number of phosphoric acid groups is 1. The number of carbonyl (C=O) groups is 1. The van der Waals surface area contributed by atoms with E-state index in [-0.39, 0.29) is 24.5 Å². The van der Waals surface area contributed by atoms with Crippen molar-refractivity contribution in [2.45, 2.75) is 13.5 Å². The van der Waals surface area contributed by atoms with Crippen LogP contribution in [0.25, 0.3) is 0 Å². The van der Waals surface area contributed by atoms with Gasteiger partial charge in [-0.15, -0.1) is 0 Å². The van der Waals surface area contributed by atoms with Gasteiger partial charge in [-0.25, -0.2) is 9.36 Å². The fourth-order valence-corrected chi connectivity index (χ4v) is 2.87. The molecule has 0 radical (unpaired) electrons. The number of hydrogen-bond acceptors (Lipinski definition) is 8. The van der Waals surface area contributed by atoms with E-state index >= 15 is 0 Å². The topological polar surface area (TPSA) is 89.5 Å². The Morgan fingerprint density at radius 2 is 1.57 bits per heavy atom. The zero-order chi connectivity index (χ0) is 20.6. The summed E-state index contributed by atoms with van der Waals surface area (Å²) in [7, 11) is 0.184. The number of benzene rings is 2. The van der Waals surface area contributed by atoms with Crippen molar-refractivity contribution in [3.8, 4) is 17.2 Å². The Morgan fingerprint density at radius 3 is 2.14 bits per heavy atom. The van der Waals surface area contributed by atoms with Crippen molar-refractivity contribution in [2.24, 2.45) is 0 Å². The van der Waals surface area contributed by atoms with Gasteiger partial charge < -0.3 is 18.7 Å². The van der Waals surface area contributed by atoms with Crippen LogP contribution in [0.2, 0.25) is 0 Å². The summed E-state index contributed by atoms with van der Waals surface area (Å²) < 4.78 is 43.0. The maximum Gasteiger partial charge on any atom is 0.529 e. The number of carbonyl (C=O) groups excluding carboxylic acids is 1. The average Bonchev–Trinajstić information content (AvgIpc) is 2.72. The van der Waals surface area contributed by atoms with E-state index in [0.29, 0.717) is 5.75 Å². The fraction of sp³-hybridized carbons (Fsp3) is 0.316. The highest BCUT2D eigenvalue weighted by atomic mass is 31.2. The van der Waals surface area contributed by atoms with Crippen molar-refractivity contribution in [2.75, 3.05) is 27.9 Å². The molecular weight excluding hydrogens is 387 g/mol. The van der Waals surface area contributed by atoms with E-state index in [1.807, 2.05) is 24.3 Å². The standard InChI is InChI=1S/C19H23O8P/c1-5-25-19(20)15-10-17(12-18(11-15)27-28(21,23-3)24-4)26-13-14-6-8-16(22-2)9-7-14/h6-12H,5,13H2,1-4H3. The lowest BCUT2D eigenvalue weighted by Gasteiger charge is -2.16. The van der Waals surface area contributed by atoms with Crippen LogP contribution in [-0.4, -0.2) is 33.9 Å². The Kier molecular flexibility index (Phi) is 7.87. The van der Waals surface area contributed by atoms with Crippen molar-refractivity contribution in [1.82, 2.24) is 0 Å². The van der Waals surface area contributed by atoms with Gasteiger partial charge in [-0.2, -0.15) is 0 Å². The first-order chi connectivity index (χ1) is 13.4. The summed E-state index contributed by atoms with van der Waals surface area (Å²) in [6.45, 7) is 2.14. The molecule has 0 spiro atoms. The third-order valence-electron chi connectivity index (χ3n) is 3.62. The van der Waals surface area contributed by atoms with Gasteiger partial charge in [0.05, 0.1) is 19.3 Å². The quantitative estimate of drug-likeness (QED) is 0.425. The lowest BCUT2D eigenvalue weighted by atomic mass is 10.2. The van der Waals surface area contributed by atoms with Crippen LogP contribution in [0.3, 0.4) is 0 Å². The molecule has 0 saturated carbocycles. The number of esters is 1. The number of hydrogen-bond donors (Lipinski definition) is 0. The largest absolute Gasteiger partial charge is 0.529 e. The first-order valence-electron chi connectivity index (χ1n) is 8.42. The monoisotopic (exact) mass is 410 g/mol. The second-order valence-electron chi connectivity index (χ2n) is 5.45. The van der Waals surface area contributed by atoms with Crippen LogP contribution in [0, 0.1) is 0 Å². The molecule has 0 heterocycles. The molecule has 0 fully saturated rings. The minimum Gasteiger partial charge on any atom is -0.497 e. The Balaban J connectivity index is 2.25. The molecule has 0 aliphatic carbocycles. The van der Waals surface area contributed by atoms with Crippen molar-refractivity contribution < 1.29 is 37.1 Å². The third-order valence-corrected chi connectivity index (χ3v) is 4.95. The summed E-state index contributed by atoms with van der Waals surface area (Å²) in [6.07, 6.45) is 0. The summed E-state index contributed by atoms with van der Waals surface area (Å²) >= 11 is 0. The molecule has 0 aliphatic heterocycles. The van der Waals surface area contributed by atoms with Crippen LogP contribution in [0.1, 0.15) is 22.8 Å². The van der Waals surface area contributed by atoms with Gasteiger partial charge in [-0.3, -0.25) is 9.05 Å². The van der Waals surface area contributed by atoms with Crippen molar-refractivity contribution in [3.63, 3.8) is 0 Å². The van der Waals surface area contributed by atoms with Gasteiger partial charge in [-0.05, 0) is 36.8 Å². The highest BCUT2D eigenvalue weighted by molar-refractivity contribution is 7.48. The molecule has 0 aromatic heterocycles. The molecule has 28 heavy (non-hydrogen) atoms. The van der Waals surface area contributed by atoms with Crippen LogP contribution in [0.4, 0.5) is 0 Å². The first kappa shape index (κ1) is 21.8. The van der Waals surface area contributed by atoms with Crippen LogP contribution < -0.4 is 14.0 Å². The smallest absolute Gasteiger partial charge is 0.497 e. The van der Waals surface area contributed by atoms with E-state index in [1.54, 1.807) is 14.0 Å². The van der Waals surface area contributed by atoms with Gasteiger partial charge in [0.15, 0.2) is 0 Å². The maximum absolute atomic E-state index is 12.2. The van der Waals surface area contributed by atoms with E-state index in [4.69, 9.17) is 27.8 Å². The van der Waals surface area contributed by atoms with Crippen LogP contribution in [0.5, 0.6) is 17.2 Å². The molecule has 9 heteroatoms. The van der Waals surface area contributed by atoms with E-state index in [0.717, 1.165) is 11.3 Å². The average molecular weight is 410 g/mol. The molecule has 8 nitrogen and oxygen atoms in total. The van der Waals surface area contributed by atoms with E-state index < -0.39 is 13.8 Å². The predicted octanol–water partition coefficient (Wildman–Crippen LogP) is 4.23. The number of phosphoric ester groups is 1. The third kappa shape index (κ3) is 5.99. The normalized spacial score (nSPS) is 11.0. The number of rotatable bonds is 10. The highest BCUT2D eigenvalue weighted by Gasteiger charge is 2.25. The molecule has 152 valence electrons.